The second-order valence-corrected chi connectivity index (χ2v) is 2.83. The van der Waals surface area contributed by atoms with Crippen molar-refractivity contribution in [3.63, 3.8) is 0 Å². The molecule has 0 amide bonds. The van der Waals surface area contributed by atoms with Crippen LogP contribution in [0.3, 0.4) is 0 Å². The molecule has 76 valence electrons. The van der Waals surface area contributed by atoms with Gasteiger partial charge in [0, 0.05) is 12.1 Å². The third-order valence-electron chi connectivity index (χ3n) is 1.88. The van der Waals surface area contributed by atoms with Gasteiger partial charge in [-0.05, 0) is 11.2 Å². The average Bonchev–Trinajstić information content (AvgIpc) is 2.16. The summed E-state index contributed by atoms with van der Waals surface area (Å²) in [4.78, 5) is 31.9. The maximum absolute atomic E-state index is 11.3. The van der Waals surface area contributed by atoms with E-state index in [-0.39, 0.29) is 21.2 Å². The quantitative estimate of drug-likeness (QED) is 0.380. The molecule has 15 heavy (non-hydrogen) atoms. The van der Waals surface area contributed by atoms with Gasteiger partial charge in [0.1, 0.15) is 5.52 Å². The van der Waals surface area contributed by atoms with Gasteiger partial charge >= 0.3 is 5.56 Å². The van der Waals surface area contributed by atoms with E-state index in [1.54, 1.807) is 0 Å². The lowest BCUT2D eigenvalue weighted by molar-refractivity contribution is -0.627. The van der Waals surface area contributed by atoms with Crippen LogP contribution in [0.2, 0.25) is 0 Å². The van der Waals surface area contributed by atoms with Crippen LogP contribution in [0.25, 0.3) is 10.9 Å². The van der Waals surface area contributed by atoms with Crippen molar-refractivity contribution in [2.75, 3.05) is 0 Å². The third kappa shape index (κ3) is 1.47. The summed E-state index contributed by atoms with van der Waals surface area (Å²) in [6, 6.07) is 3.61. The molecule has 0 unspecified atom stereocenters. The second-order valence-electron chi connectivity index (χ2n) is 2.83. The molecule has 0 aliphatic carbocycles. The number of benzene rings is 1. The van der Waals surface area contributed by atoms with Crippen molar-refractivity contribution in [2.24, 2.45) is 0 Å². The Bertz CT molecular complexity index is 656. The molecule has 1 heterocycles. The molecule has 0 radical (unpaired) electrons. The van der Waals surface area contributed by atoms with E-state index in [4.69, 9.17) is 0 Å². The number of fused-ring (bicyclic) bond motifs is 1. The Kier molecular flexibility index (Phi) is 1.82. The first-order valence-corrected chi connectivity index (χ1v) is 3.91. The molecule has 0 saturated heterocycles. The first-order chi connectivity index (χ1) is 7.08. The number of aromatic nitrogens is 3. The van der Waals surface area contributed by atoms with Crippen LogP contribution in [0.15, 0.2) is 23.0 Å². The van der Waals surface area contributed by atoms with Crippen LogP contribution in [0, 0.1) is 15.0 Å². The smallest absolute Gasteiger partial charge is 0.263 e. The van der Waals surface area contributed by atoms with Gasteiger partial charge in [0.25, 0.3) is 10.3 Å². The number of nitrogens with zero attached hydrogens (tertiary/aromatic N) is 2. The number of hydrogen-bond acceptors (Lipinski definition) is 4. The van der Waals surface area contributed by atoms with E-state index >= 15 is 0 Å². The van der Waals surface area contributed by atoms with Gasteiger partial charge < -0.3 is 0 Å². The van der Waals surface area contributed by atoms with Gasteiger partial charge in [0.15, 0.2) is 0 Å². The summed E-state index contributed by atoms with van der Waals surface area (Å²) < 4.78 is 0.135. The maximum Gasteiger partial charge on any atom is 0.315 e. The Balaban J connectivity index is 2.89. The molecule has 2 rings (SSSR count). The number of nitrogens with one attached hydrogen (secondary N) is 2. The molecule has 2 N–H and O–H groups in total. The number of nitro benzene ring substituents is 1. The lowest BCUT2D eigenvalue weighted by Gasteiger charge is -1.91. The topological polar surface area (TPSA) is 115 Å². The Hall–Kier alpha value is -2.51. The van der Waals surface area contributed by atoms with E-state index in [9.17, 15) is 19.8 Å². The van der Waals surface area contributed by atoms with E-state index in [0.29, 0.717) is 0 Å². The number of rotatable bonds is 1. The normalized spacial score (nSPS) is 10.4. The fourth-order valence-electron chi connectivity index (χ4n) is 1.22. The highest BCUT2D eigenvalue weighted by Crippen LogP contribution is 2.14. The molecule has 1 aromatic carbocycles. The van der Waals surface area contributed by atoms with Crippen molar-refractivity contribution in [3.05, 3.63) is 43.6 Å². The number of non-ortho nitro benzene ring substituents is 1. The molecular formula is C7H5N4O4+. The predicted octanol–water partition coefficient (Wildman–Crippen LogP) is -0.321. The maximum atomic E-state index is 11.3. The fourth-order valence-corrected chi connectivity index (χ4v) is 1.22. The van der Waals surface area contributed by atoms with Crippen molar-refractivity contribution < 1.29 is 9.58 Å². The number of aromatic amines is 2. The van der Waals surface area contributed by atoms with E-state index < -0.39 is 10.5 Å². The molecule has 0 atom stereocenters. The highest BCUT2D eigenvalue weighted by molar-refractivity contribution is 5.78. The summed E-state index contributed by atoms with van der Waals surface area (Å²) >= 11 is 0. The molecule has 8 heteroatoms. The van der Waals surface area contributed by atoms with Gasteiger partial charge in [-0.1, -0.05) is 5.10 Å². The molecule has 0 fully saturated rings. The Morgan fingerprint density at radius 1 is 1.33 bits per heavy atom. The summed E-state index contributed by atoms with van der Waals surface area (Å²) in [7, 11) is 0. The van der Waals surface area contributed by atoms with Gasteiger partial charge in [0.2, 0.25) is 0 Å². The molecule has 2 aromatic rings. The Morgan fingerprint density at radius 3 is 2.73 bits per heavy atom. The van der Waals surface area contributed by atoms with Gasteiger partial charge in [-0.2, -0.15) is 0 Å². The minimum Gasteiger partial charge on any atom is -0.263 e. The standard InChI is InChI=1S/C7H4N4O4/c12-7-5-3-4(10(13)14)1-2-6(5)8-11(15)9-7/h1-3H,(H-,8,9,12,15)/p+1. The van der Waals surface area contributed by atoms with Crippen LogP contribution in [0.4, 0.5) is 5.69 Å². The van der Waals surface area contributed by atoms with Crippen molar-refractivity contribution in [2.45, 2.75) is 0 Å². The van der Waals surface area contributed by atoms with Crippen molar-refractivity contribution in [3.8, 4) is 0 Å². The van der Waals surface area contributed by atoms with Crippen LogP contribution in [0.1, 0.15) is 0 Å². The molecule has 0 bridgehead atoms. The summed E-state index contributed by atoms with van der Waals surface area (Å²) in [5.41, 5.74) is -0.646. The van der Waals surface area contributed by atoms with Crippen molar-refractivity contribution in [1.82, 2.24) is 10.2 Å². The predicted molar refractivity (Wildman–Crippen MR) is 48.9 cm³/mol. The van der Waals surface area contributed by atoms with Gasteiger partial charge in [-0.3, -0.25) is 14.9 Å². The highest BCUT2D eigenvalue weighted by atomic mass is 16.6. The number of nitro groups is 1. The van der Waals surface area contributed by atoms with Crippen molar-refractivity contribution in [1.29, 1.82) is 0 Å². The van der Waals surface area contributed by atoms with E-state index in [1.807, 2.05) is 5.10 Å². The summed E-state index contributed by atoms with van der Waals surface area (Å²) in [6.07, 6.45) is 0. The monoisotopic (exact) mass is 209 g/mol. The van der Waals surface area contributed by atoms with E-state index in [1.165, 1.54) is 12.1 Å². The van der Waals surface area contributed by atoms with Crippen LogP contribution in [-0.4, -0.2) is 15.1 Å². The Labute approximate surface area is 80.9 Å². The fraction of sp³-hybridized carbons (Fsp3) is 0. The number of H-pyrrole nitrogens is 2. The second kappa shape index (κ2) is 3.01. The van der Waals surface area contributed by atoms with Crippen LogP contribution < -0.4 is 10.2 Å². The zero-order valence-electron chi connectivity index (χ0n) is 7.26. The highest BCUT2D eigenvalue weighted by Gasteiger charge is 2.11. The van der Waals surface area contributed by atoms with Crippen molar-refractivity contribution >= 4 is 16.6 Å². The zero-order chi connectivity index (χ0) is 11.0. The minimum absolute atomic E-state index is 0.0660. The molecule has 1 aromatic heterocycles. The van der Waals surface area contributed by atoms with E-state index in [2.05, 4.69) is 5.10 Å². The molecule has 0 aliphatic rings. The molecule has 0 spiro atoms. The largest absolute Gasteiger partial charge is 0.315 e. The minimum atomic E-state index is -0.678. The third-order valence-corrected chi connectivity index (χ3v) is 1.88. The first kappa shape index (κ1) is 9.06. The lowest BCUT2D eigenvalue weighted by Crippen LogP contribution is -2.32. The van der Waals surface area contributed by atoms with Crippen LogP contribution in [0.5, 0.6) is 0 Å². The van der Waals surface area contributed by atoms with Gasteiger partial charge in [-0.15, -0.1) is 0 Å². The van der Waals surface area contributed by atoms with Gasteiger partial charge in [0.05, 0.1) is 15.2 Å². The number of hydrogen-bond donors (Lipinski definition) is 2. The Morgan fingerprint density at radius 2 is 2.07 bits per heavy atom. The van der Waals surface area contributed by atoms with E-state index in [0.717, 1.165) is 6.07 Å². The van der Waals surface area contributed by atoms with Crippen LogP contribution >= 0.6 is 0 Å². The summed E-state index contributed by atoms with van der Waals surface area (Å²) in [5.74, 6) is 0. The zero-order valence-corrected chi connectivity index (χ0v) is 7.26. The molecule has 8 nitrogen and oxygen atoms in total. The van der Waals surface area contributed by atoms with Gasteiger partial charge in [-0.25, -0.2) is 0 Å². The molecule has 0 aliphatic heterocycles. The average molecular weight is 209 g/mol. The SMILES string of the molecule is O=c1[nH][n+](=O)[nH]c2ccc([N+](=O)[O-])cc12. The molecular weight excluding hydrogens is 204 g/mol. The summed E-state index contributed by atoms with van der Waals surface area (Å²) in [5, 5.41) is 14.7. The lowest BCUT2D eigenvalue weighted by atomic mass is 10.2. The first-order valence-electron chi connectivity index (χ1n) is 3.91. The summed E-state index contributed by atoms with van der Waals surface area (Å²) in [6.45, 7) is 0. The van der Waals surface area contributed by atoms with Crippen LogP contribution in [-0.2, 0) is 0 Å². The molecule has 0 saturated carbocycles.